The fourth-order valence-corrected chi connectivity index (χ4v) is 1.09. The van der Waals surface area contributed by atoms with Gasteiger partial charge in [0.2, 0.25) is 0 Å². The van der Waals surface area contributed by atoms with E-state index in [1.807, 2.05) is 6.08 Å². The summed E-state index contributed by atoms with van der Waals surface area (Å²) in [7, 11) is 0. The smallest absolute Gasteiger partial charge is 0.00996 e. The van der Waals surface area contributed by atoms with Gasteiger partial charge in [0.15, 0.2) is 0 Å². The van der Waals surface area contributed by atoms with E-state index in [2.05, 4.69) is 31.8 Å². The van der Waals surface area contributed by atoms with Crippen LogP contribution in [0.2, 0.25) is 0 Å². The molecule has 2 nitrogen and oxygen atoms in total. The zero-order valence-electron chi connectivity index (χ0n) is 8.84. The van der Waals surface area contributed by atoms with E-state index in [0.717, 1.165) is 19.4 Å². The van der Waals surface area contributed by atoms with Gasteiger partial charge < -0.3 is 11.1 Å². The summed E-state index contributed by atoms with van der Waals surface area (Å²) in [5.74, 6) is 0. The number of hydrogen-bond acceptors (Lipinski definition) is 2. The second kappa shape index (κ2) is 8.02. The SMILES string of the molecule is C=C/C(C)=C/CC(CC)NCCN. The van der Waals surface area contributed by atoms with Crippen LogP contribution in [0, 0.1) is 0 Å². The predicted molar refractivity (Wildman–Crippen MR) is 59.7 cm³/mol. The first-order valence-corrected chi connectivity index (χ1v) is 4.97. The number of nitrogens with one attached hydrogen (secondary N) is 1. The maximum atomic E-state index is 5.42. The minimum Gasteiger partial charge on any atom is -0.329 e. The van der Waals surface area contributed by atoms with Crippen molar-refractivity contribution in [3.63, 3.8) is 0 Å². The first kappa shape index (κ1) is 12.4. The van der Waals surface area contributed by atoms with Crippen LogP contribution in [0.5, 0.6) is 0 Å². The van der Waals surface area contributed by atoms with Crippen LogP contribution in [0.25, 0.3) is 0 Å². The molecule has 0 fully saturated rings. The van der Waals surface area contributed by atoms with Crippen molar-refractivity contribution < 1.29 is 0 Å². The van der Waals surface area contributed by atoms with Crippen molar-refractivity contribution in [3.8, 4) is 0 Å². The van der Waals surface area contributed by atoms with Gasteiger partial charge >= 0.3 is 0 Å². The molecule has 0 saturated carbocycles. The molecule has 0 rings (SSSR count). The highest BCUT2D eigenvalue weighted by Gasteiger charge is 2.01. The molecule has 0 bridgehead atoms. The molecule has 0 radical (unpaired) electrons. The zero-order valence-corrected chi connectivity index (χ0v) is 8.84. The van der Waals surface area contributed by atoms with Crippen molar-refractivity contribution in [2.75, 3.05) is 13.1 Å². The molecular weight excluding hydrogens is 160 g/mol. The minimum atomic E-state index is 0.554. The second-order valence-corrected chi connectivity index (χ2v) is 3.24. The van der Waals surface area contributed by atoms with E-state index >= 15 is 0 Å². The van der Waals surface area contributed by atoms with Crippen LogP contribution in [0.4, 0.5) is 0 Å². The lowest BCUT2D eigenvalue weighted by atomic mass is 10.1. The van der Waals surface area contributed by atoms with Crippen LogP contribution in [0.1, 0.15) is 26.7 Å². The maximum absolute atomic E-state index is 5.42. The molecule has 3 N–H and O–H groups in total. The molecule has 13 heavy (non-hydrogen) atoms. The number of rotatable bonds is 7. The Balaban J connectivity index is 3.76. The standard InChI is InChI=1S/C11H22N2/c1-4-10(3)6-7-11(5-2)13-9-8-12/h4,6,11,13H,1,5,7-9,12H2,2-3H3/b10-6+. The van der Waals surface area contributed by atoms with Crippen LogP contribution in [0.15, 0.2) is 24.3 Å². The third-order valence-electron chi connectivity index (χ3n) is 2.12. The van der Waals surface area contributed by atoms with Crippen LogP contribution in [-0.4, -0.2) is 19.1 Å². The first-order valence-electron chi connectivity index (χ1n) is 4.97. The van der Waals surface area contributed by atoms with E-state index < -0.39 is 0 Å². The van der Waals surface area contributed by atoms with Gasteiger partial charge in [-0.1, -0.05) is 31.2 Å². The molecule has 2 heteroatoms. The van der Waals surface area contributed by atoms with E-state index in [4.69, 9.17) is 5.73 Å². The van der Waals surface area contributed by atoms with Crippen molar-refractivity contribution >= 4 is 0 Å². The summed E-state index contributed by atoms with van der Waals surface area (Å²) < 4.78 is 0. The Bertz CT molecular complexity index is 161. The monoisotopic (exact) mass is 182 g/mol. The Morgan fingerprint density at radius 2 is 2.31 bits per heavy atom. The summed E-state index contributed by atoms with van der Waals surface area (Å²) in [6.45, 7) is 9.59. The highest BCUT2D eigenvalue weighted by atomic mass is 14.9. The summed E-state index contributed by atoms with van der Waals surface area (Å²) in [5, 5.41) is 3.39. The fraction of sp³-hybridized carbons (Fsp3) is 0.636. The van der Waals surface area contributed by atoms with Gasteiger partial charge in [-0.25, -0.2) is 0 Å². The quantitative estimate of drug-likeness (QED) is 0.590. The van der Waals surface area contributed by atoms with Crippen LogP contribution < -0.4 is 11.1 Å². The maximum Gasteiger partial charge on any atom is 0.00996 e. The molecule has 1 unspecified atom stereocenters. The molecule has 0 amide bonds. The van der Waals surface area contributed by atoms with Gasteiger partial charge in [0, 0.05) is 19.1 Å². The van der Waals surface area contributed by atoms with E-state index in [0.29, 0.717) is 12.6 Å². The lowest BCUT2D eigenvalue weighted by Gasteiger charge is -2.14. The molecule has 0 aliphatic heterocycles. The van der Waals surface area contributed by atoms with Gasteiger partial charge in [0.05, 0.1) is 0 Å². The summed E-state index contributed by atoms with van der Waals surface area (Å²) >= 11 is 0. The third kappa shape index (κ3) is 6.55. The summed E-state index contributed by atoms with van der Waals surface area (Å²) in [4.78, 5) is 0. The third-order valence-corrected chi connectivity index (χ3v) is 2.12. The van der Waals surface area contributed by atoms with E-state index in [-0.39, 0.29) is 0 Å². The first-order chi connectivity index (χ1) is 6.24. The highest BCUT2D eigenvalue weighted by Crippen LogP contribution is 2.02. The molecule has 0 aliphatic carbocycles. The number of allylic oxidation sites excluding steroid dienone is 2. The normalized spacial score (nSPS) is 14.2. The Morgan fingerprint density at radius 3 is 2.77 bits per heavy atom. The molecule has 0 saturated heterocycles. The summed E-state index contributed by atoms with van der Waals surface area (Å²) in [6.07, 6.45) is 6.30. The van der Waals surface area contributed by atoms with Gasteiger partial charge in [0.25, 0.3) is 0 Å². The second-order valence-electron chi connectivity index (χ2n) is 3.24. The molecule has 0 aromatic rings. The Hall–Kier alpha value is -0.600. The molecule has 0 aliphatic rings. The van der Waals surface area contributed by atoms with Crippen molar-refractivity contribution in [3.05, 3.63) is 24.3 Å². The molecule has 0 heterocycles. The average molecular weight is 182 g/mol. The van der Waals surface area contributed by atoms with Crippen LogP contribution >= 0.6 is 0 Å². The summed E-state index contributed by atoms with van der Waals surface area (Å²) in [5.41, 5.74) is 6.66. The lowest BCUT2D eigenvalue weighted by Crippen LogP contribution is -2.32. The summed E-state index contributed by atoms with van der Waals surface area (Å²) in [6, 6.07) is 0.554. The highest BCUT2D eigenvalue weighted by molar-refractivity contribution is 5.12. The molecule has 0 aromatic heterocycles. The Labute approximate surface area is 81.9 Å². The topological polar surface area (TPSA) is 38.0 Å². The Kier molecular flexibility index (Phi) is 7.65. The molecule has 76 valence electrons. The lowest BCUT2D eigenvalue weighted by molar-refractivity contribution is 0.508. The van der Waals surface area contributed by atoms with Crippen molar-refractivity contribution in [2.45, 2.75) is 32.7 Å². The van der Waals surface area contributed by atoms with Gasteiger partial charge in [0.1, 0.15) is 0 Å². The van der Waals surface area contributed by atoms with Gasteiger partial charge in [-0.3, -0.25) is 0 Å². The van der Waals surface area contributed by atoms with E-state index in [1.54, 1.807) is 0 Å². The van der Waals surface area contributed by atoms with E-state index in [1.165, 1.54) is 5.57 Å². The van der Waals surface area contributed by atoms with Crippen molar-refractivity contribution in [2.24, 2.45) is 5.73 Å². The molecule has 1 atom stereocenters. The van der Waals surface area contributed by atoms with Gasteiger partial charge in [-0.2, -0.15) is 0 Å². The average Bonchev–Trinajstić information content (AvgIpc) is 2.17. The minimum absolute atomic E-state index is 0.554. The predicted octanol–water partition coefficient (Wildman–Crippen LogP) is 1.84. The van der Waals surface area contributed by atoms with Gasteiger partial charge in [-0.05, 0) is 19.8 Å². The number of nitrogens with two attached hydrogens (primary N) is 1. The van der Waals surface area contributed by atoms with Crippen molar-refractivity contribution in [1.82, 2.24) is 5.32 Å². The Morgan fingerprint density at radius 1 is 1.62 bits per heavy atom. The van der Waals surface area contributed by atoms with Gasteiger partial charge in [-0.15, -0.1) is 0 Å². The fourth-order valence-electron chi connectivity index (χ4n) is 1.09. The molecular formula is C11H22N2. The zero-order chi connectivity index (χ0) is 10.1. The van der Waals surface area contributed by atoms with Crippen LogP contribution in [-0.2, 0) is 0 Å². The molecule has 0 spiro atoms. The van der Waals surface area contributed by atoms with Crippen LogP contribution in [0.3, 0.4) is 0 Å². The van der Waals surface area contributed by atoms with Crippen molar-refractivity contribution in [1.29, 1.82) is 0 Å². The molecule has 0 aromatic carbocycles. The number of hydrogen-bond donors (Lipinski definition) is 2. The largest absolute Gasteiger partial charge is 0.329 e. The van der Waals surface area contributed by atoms with E-state index in [9.17, 15) is 0 Å².